The average molecular weight is 246 g/mol. The van der Waals surface area contributed by atoms with Crippen molar-refractivity contribution in [3.05, 3.63) is 33.9 Å². The van der Waals surface area contributed by atoms with Crippen LogP contribution >= 0.6 is 0 Å². The van der Waals surface area contributed by atoms with Gasteiger partial charge in [0.05, 0.1) is 4.92 Å². The molecule has 8 heteroatoms. The van der Waals surface area contributed by atoms with Gasteiger partial charge in [-0.25, -0.2) is 0 Å². The molecule has 0 unspecified atom stereocenters. The third kappa shape index (κ3) is 3.64. The third-order valence-corrected chi connectivity index (χ3v) is 1.69. The lowest BCUT2D eigenvalue weighted by Gasteiger charge is -2.08. The first-order chi connectivity index (χ1) is 7.83. The van der Waals surface area contributed by atoms with E-state index in [-0.39, 0.29) is 11.3 Å². The summed E-state index contributed by atoms with van der Waals surface area (Å²) >= 11 is 0. The van der Waals surface area contributed by atoms with Crippen LogP contribution in [-0.4, -0.2) is 17.7 Å². The maximum atomic E-state index is 11.8. The van der Waals surface area contributed by atoms with Crippen LogP contribution in [0.3, 0.4) is 0 Å². The summed E-state index contributed by atoms with van der Waals surface area (Å²) in [5.41, 5.74) is -0.832. The van der Waals surface area contributed by atoms with E-state index >= 15 is 0 Å². The fourth-order valence-electron chi connectivity index (χ4n) is 1.02. The number of alkyl halides is 3. The Bertz CT molecular complexity index is 479. The van der Waals surface area contributed by atoms with Gasteiger partial charge in [-0.05, 0) is 6.07 Å². The van der Waals surface area contributed by atoms with E-state index in [0.29, 0.717) is 0 Å². The lowest BCUT2D eigenvalue weighted by molar-refractivity contribution is -0.385. The van der Waals surface area contributed by atoms with E-state index in [2.05, 4.69) is 4.74 Å². The largest absolute Gasteiger partial charge is 0.484 e. The molecule has 1 aromatic rings. The van der Waals surface area contributed by atoms with Gasteiger partial charge in [-0.2, -0.15) is 18.4 Å². The number of hydrogen-bond acceptors (Lipinski definition) is 4. The molecule has 0 bridgehead atoms. The highest BCUT2D eigenvalue weighted by atomic mass is 19.4. The Hall–Kier alpha value is -2.30. The van der Waals surface area contributed by atoms with Crippen LogP contribution in [0.5, 0.6) is 5.75 Å². The first-order valence-corrected chi connectivity index (χ1v) is 4.21. The van der Waals surface area contributed by atoms with E-state index in [4.69, 9.17) is 5.26 Å². The topological polar surface area (TPSA) is 76.2 Å². The number of nitrogens with zero attached hydrogens (tertiary/aromatic N) is 2. The van der Waals surface area contributed by atoms with E-state index in [1.54, 1.807) is 0 Å². The highest BCUT2D eigenvalue weighted by Gasteiger charge is 2.28. The summed E-state index contributed by atoms with van der Waals surface area (Å²) in [6.07, 6.45) is -4.51. The average Bonchev–Trinajstić information content (AvgIpc) is 2.24. The molecule has 0 spiro atoms. The summed E-state index contributed by atoms with van der Waals surface area (Å²) in [4.78, 5) is 9.64. The van der Waals surface area contributed by atoms with E-state index < -0.39 is 23.4 Å². The van der Waals surface area contributed by atoms with Crippen LogP contribution < -0.4 is 4.74 Å². The molecule has 5 nitrogen and oxygen atoms in total. The first kappa shape index (κ1) is 12.8. The Morgan fingerprint density at radius 1 is 1.47 bits per heavy atom. The van der Waals surface area contributed by atoms with Crippen molar-refractivity contribution in [1.82, 2.24) is 0 Å². The quantitative estimate of drug-likeness (QED) is 0.606. The molecule has 90 valence electrons. The molecule has 0 N–H and O–H groups in total. The van der Waals surface area contributed by atoms with Crippen molar-refractivity contribution in [2.24, 2.45) is 0 Å². The van der Waals surface area contributed by atoms with Crippen LogP contribution in [0.4, 0.5) is 18.9 Å². The molecule has 17 heavy (non-hydrogen) atoms. The molecule has 0 saturated heterocycles. The standard InChI is InChI=1S/C9H5F3N2O3/c10-9(11,12)5-17-7-1-2-8(14(15)16)6(3-7)4-13/h1-3H,5H2. The Balaban J connectivity index is 2.92. The van der Waals surface area contributed by atoms with Gasteiger partial charge >= 0.3 is 6.18 Å². The molecular weight excluding hydrogens is 241 g/mol. The highest BCUT2D eigenvalue weighted by molar-refractivity contribution is 5.52. The Kier molecular flexibility index (Phi) is 3.52. The van der Waals surface area contributed by atoms with Crippen molar-refractivity contribution < 1.29 is 22.8 Å². The predicted octanol–water partition coefficient (Wildman–Crippen LogP) is 2.41. The minimum absolute atomic E-state index is 0.246. The van der Waals surface area contributed by atoms with Crippen LogP contribution in [0.25, 0.3) is 0 Å². The van der Waals surface area contributed by atoms with Crippen molar-refractivity contribution in [2.45, 2.75) is 6.18 Å². The summed E-state index contributed by atoms with van der Waals surface area (Å²) in [6.45, 7) is -1.52. The van der Waals surface area contributed by atoms with Crippen molar-refractivity contribution in [3.8, 4) is 11.8 Å². The van der Waals surface area contributed by atoms with E-state index in [1.165, 1.54) is 6.07 Å². The van der Waals surface area contributed by atoms with E-state index in [9.17, 15) is 23.3 Å². The number of ether oxygens (including phenoxy) is 1. The van der Waals surface area contributed by atoms with Crippen LogP contribution in [0.2, 0.25) is 0 Å². The van der Waals surface area contributed by atoms with Gasteiger partial charge < -0.3 is 4.74 Å². The monoisotopic (exact) mass is 246 g/mol. The van der Waals surface area contributed by atoms with E-state index in [0.717, 1.165) is 18.2 Å². The van der Waals surface area contributed by atoms with Crippen LogP contribution in [0, 0.1) is 21.4 Å². The lowest BCUT2D eigenvalue weighted by atomic mass is 10.2. The van der Waals surface area contributed by atoms with Gasteiger partial charge in [0.25, 0.3) is 5.69 Å². The number of halogens is 3. The SMILES string of the molecule is N#Cc1cc(OCC(F)(F)F)ccc1[N+](=O)[O-]. The van der Waals surface area contributed by atoms with Gasteiger partial charge in [0.1, 0.15) is 17.4 Å². The van der Waals surface area contributed by atoms with Gasteiger partial charge in [0.15, 0.2) is 6.61 Å². The molecule has 0 aromatic heterocycles. The van der Waals surface area contributed by atoms with Crippen LogP contribution in [0.1, 0.15) is 5.56 Å². The second-order valence-corrected chi connectivity index (χ2v) is 2.95. The normalized spacial score (nSPS) is 10.7. The summed E-state index contributed by atoms with van der Waals surface area (Å²) in [5, 5.41) is 19.0. The zero-order chi connectivity index (χ0) is 13.1. The second-order valence-electron chi connectivity index (χ2n) is 2.95. The highest BCUT2D eigenvalue weighted by Crippen LogP contribution is 2.24. The van der Waals surface area contributed by atoms with Crippen molar-refractivity contribution >= 4 is 5.69 Å². The summed E-state index contributed by atoms with van der Waals surface area (Å²) in [6, 6.07) is 4.33. The fraction of sp³-hybridized carbons (Fsp3) is 0.222. The van der Waals surface area contributed by atoms with E-state index in [1.807, 2.05) is 0 Å². The minimum Gasteiger partial charge on any atom is -0.484 e. The molecule has 0 saturated carbocycles. The van der Waals surface area contributed by atoms with Gasteiger partial charge in [-0.15, -0.1) is 0 Å². The number of nitro benzene ring substituents is 1. The molecule has 1 rings (SSSR count). The van der Waals surface area contributed by atoms with Gasteiger partial charge in [0, 0.05) is 12.1 Å². The number of rotatable bonds is 3. The molecular formula is C9H5F3N2O3. The number of benzene rings is 1. The smallest absolute Gasteiger partial charge is 0.422 e. The lowest BCUT2D eigenvalue weighted by Crippen LogP contribution is -2.19. The summed E-state index contributed by atoms with van der Waals surface area (Å²) < 4.78 is 39.8. The Morgan fingerprint density at radius 3 is 2.59 bits per heavy atom. The van der Waals surface area contributed by atoms with Crippen molar-refractivity contribution in [3.63, 3.8) is 0 Å². The predicted molar refractivity (Wildman–Crippen MR) is 49.4 cm³/mol. The summed E-state index contributed by atoms with van der Waals surface area (Å²) in [5.74, 6) is -0.246. The summed E-state index contributed by atoms with van der Waals surface area (Å²) in [7, 11) is 0. The number of nitro groups is 1. The van der Waals surface area contributed by atoms with Gasteiger partial charge in [-0.1, -0.05) is 0 Å². The molecule has 1 aromatic carbocycles. The molecule has 0 heterocycles. The second kappa shape index (κ2) is 4.69. The zero-order valence-electron chi connectivity index (χ0n) is 8.19. The van der Waals surface area contributed by atoms with Crippen molar-refractivity contribution in [1.29, 1.82) is 5.26 Å². The molecule has 0 aliphatic carbocycles. The molecule has 0 atom stereocenters. The Labute approximate surface area is 93.2 Å². The Morgan fingerprint density at radius 2 is 2.12 bits per heavy atom. The number of hydrogen-bond donors (Lipinski definition) is 0. The molecule has 0 fully saturated rings. The van der Waals surface area contributed by atoms with Crippen LogP contribution in [0.15, 0.2) is 18.2 Å². The maximum Gasteiger partial charge on any atom is 0.422 e. The number of nitriles is 1. The third-order valence-electron chi connectivity index (χ3n) is 1.69. The molecule has 0 aliphatic rings. The fourth-order valence-corrected chi connectivity index (χ4v) is 1.02. The van der Waals surface area contributed by atoms with Crippen molar-refractivity contribution in [2.75, 3.05) is 6.61 Å². The first-order valence-electron chi connectivity index (χ1n) is 4.21. The molecule has 0 radical (unpaired) electrons. The molecule has 0 aliphatic heterocycles. The molecule has 0 amide bonds. The van der Waals surface area contributed by atoms with Gasteiger partial charge in [-0.3, -0.25) is 10.1 Å². The van der Waals surface area contributed by atoms with Crippen LogP contribution in [-0.2, 0) is 0 Å². The zero-order valence-corrected chi connectivity index (χ0v) is 8.19. The maximum absolute atomic E-state index is 11.8. The minimum atomic E-state index is -4.51. The van der Waals surface area contributed by atoms with Gasteiger partial charge in [0.2, 0.25) is 0 Å².